The van der Waals surface area contributed by atoms with Crippen LogP contribution in [-0.2, 0) is 14.3 Å². The Bertz CT molecular complexity index is 1010. The molecule has 0 aliphatic carbocycles. The Morgan fingerprint density at radius 2 is 1.81 bits per heavy atom. The Kier molecular flexibility index (Phi) is 4.27. The Balaban J connectivity index is 1.56. The Morgan fingerprint density at radius 1 is 1.07 bits per heavy atom. The molecule has 0 N–H and O–H groups in total. The number of anilines is 1. The number of nitrogens with zero attached hydrogens (tertiary/aromatic N) is 3. The first kappa shape index (κ1) is 16.7. The fourth-order valence-corrected chi connectivity index (χ4v) is 3.05. The summed E-state index contributed by atoms with van der Waals surface area (Å²) in [5.74, 6) is -0.160. The van der Waals surface area contributed by atoms with Gasteiger partial charge in [-0.15, -0.1) is 0 Å². The monoisotopic (exact) mass is 357 g/mol. The van der Waals surface area contributed by atoms with E-state index in [1.165, 1.54) is 0 Å². The van der Waals surface area contributed by atoms with E-state index in [4.69, 9.17) is 10.00 Å². The molecule has 4 rings (SSSR count). The molecular weight excluding hydrogens is 342 g/mol. The van der Waals surface area contributed by atoms with Crippen molar-refractivity contribution in [3.63, 3.8) is 0 Å². The van der Waals surface area contributed by atoms with Crippen LogP contribution >= 0.6 is 0 Å². The maximum absolute atomic E-state index is 12.1. The summed E-state index contributed by atoms with van der Waals surface area (Å²) in [6.07, 6.45) is 3.07. The Morgan fingerprint density at radius 3 is 2.44 bits per heavy atom. The molecule has 2 heterocycles. The van der Waals surface area contributed by atoms with Crippen molar-refractivity contribution in [3.05, 3.63) is 70.9 Å². The standard InChI is InChI=1S/C21H15N3O3/c22-13-15-5-3-14(4-6-15)12-18-21(26)27-20(23-18)16-7-9-17(10-8-16)24-11-1-2-19(24)25/h3-10,12H,1-2,11H2/b18-12+. The van der Waals surface area contributed by atoms with Gasteiger partial charge in [0, 0.05) is 24.2 Å². The normalized spacial score (nSPS) is 17.8. The third kappa shape index (κ3) is 3.35. The van der Waals surface area contributed by atoms with Gasteiger partial charge in [-0.05, 0) is 54.5 Å². The molecule has 1 saturated heterocycles. The molecule has 0 aromatic heterocycles. The maximum atomic E-state index is 12.1. The number of esters is 1. The fraction of sp³-hybridized carbons (Fsp3) is 0.143. The minimum atomic E-state index is -0.520. The van der Waals surface area contributed by atoms with Crippen LogP contribution < -0.4 is 4.90 Å². The van der Waals surface area contributed by atoms with Crippen LogP contribution in [0, 0.1) is 11.3 Å². The number of aliphatic imine (C=N–C) groups is 1. The molecule has 1 amide bonds. The summed E-state index contributed by atoms with van der Waals surface area (Å²) >= 11 is 0. The predicted molar refractivity (Wildman–Crippen MR) is 99.8 cm³/mol. The van der Waals surface area contributed by atoms with Crippen LogP contribution in [0.5, 0.6) is 0 Å². The van der Waals surface area contributed by atoms with E-state index >= 15 is 0 Å². The first-order valence-corrected chi connectivity index (χ1v) is 8.57. The summed E-state index contributed by atoms with van der Waals surface area (Å²) in [5.41, 5.74) is 3.01. The van der Waals surface area contributed by atoms with Gasteiger partial charge in [0.15, 0.2) is 5.70 Å². The summed E-state index contributed by atoms with van der Waals surface area (Å²) in [7, 11) is 0. The topological polar surface area (TPSA) is 82.8 Å². The molecule has 0 atom stereocenters. The highest BCUT2D eigenvalue weighted by molar-refractivity contribution is 6.13. The number of hydrogen-bond acceptors (Lipinski definition) is 5. The van der Waals surface area contributed by atoms with Crippen molar-refractivity contribution in [2.24, 2.45) is 4.99 Å². The second kappa shape index (κ2) is 6.89. The van der Waals surface area contributed by atoms with E-state index in [1.807, 2.05) is 18.2 Å². The van der Waals surface area contributed by atoms with Crippen molar-refractivity contribution in [1.82, 2.24) is 0 Å². The van der Waals surface area contributed by atoms with E-state index in [9.17, 15) is 9.59 Å². The molecule has 0 radical (unpaired) electrons. The number of cyclic esters (lactones) is 1. The third-order valence-electron chi connectivity index (χ3n) is 4.46. The van der Waals surface area contributed by atoms with E-state index in [-0.39, 0.29) is 17.5 Å². The molecule has 2 aliphatic rings. The SMILES string of the molecule is N#Cc1ccc(/C=C2/N=C(c3ccc(N4CCCC4=O)cc3)OC2=O)cc1. The zero-order valence-corrected chi connectivity index (χ0v) is 14.4. The third-order valence-corrected chi connectivity index (χ3v) is 4.46. The van der Waals surface area contributed by atoms with Gasteiger partial charge in [0.05, 0.1) is 11.6 Å². The molecule has 2 aliphatic heterocycles. The largest absolute Gasteiger partial charge is 0.402 e. The van der Waals surface area contributed by atoms with Gasteiger partial charge in [0.1, 0.15) is 0 Å². The van der Waals surface area contributed by atoms with Gasteiger partial charge >= 0.3 is 5.97 Å². The number of carbonyl (C=O) groups excluding carboxylic acids is 2. The van der Waals surface area contributed by atoms with Gasteiger partial charge in [0.25, 0.3) is 0 Å². The quantitative estimate of drug-likeness (QED) is 0.624. The Labute approximate surface area is 156 Å². The number of carbonyl (C=O) groups is 2. The number of rotatable bonds is 3. The van der Waals surface area contributed by atoms with Crippen LogP contribution in [0.15, 0.2) is 59.2 Å². The fourth-order valence-electron chi connectivity index (χ4n) is 3.05. The van der Waals surface area contributed by atoms with Crippen molar-refractivity contribution in [2.45, 2.75) is 12.8 Å². The van der Waals surface area contributed by atoms with Crippen LogP contribution in [0.1, 0.15) is 29.5 Å². The first-order chi connectivity index (χ1) is 13.1. The highest BCUT2D eigenvalue weighted by Gasteiger charge is 2.25. The summed E-state index contributed by atoms with van der Waals surface area (Å²) in [6, 6.07) is 16.1. The smallest absolute Gasteiger partial charge is 0.363 e. The molecule has 1 fully saturated rings. The van der Waals surface area contributed by atoms with Crippen molar-refractivity contribution >= 4 is 29.5 Å². The summed E-state index contributed by atoms with van der Waals surface area (Å²) in [6.45, 7) is 0.728. The minimum absolute atomic E-state index is 0.125. The van der Waals surface area contributed by atoms with Gasteiger partial charge in [0.2, 0.25) is 11.8 Å². The average Bonchev–Trinajstić information content (AvgIpc) is 3.28. The maximum Gasteiger partial charge on any atom is 0.363 e. The van der Waals surface area contributed by atoms with Gasteiger partial charge < -0.3 is 9.64 Å². The molecule has 0 bridgehead atoms. The van der Waals surface area contributed by atoms with Crippen LogP contribution in [0.3, 0.4) is 0 Å². The van der Waals surface area contributed by atoms with Crippen LogP contribution in [0.25, 0.3) is 6.08 Å². The number of ether oxygens (including phenoxy) is 1. The number of benzene rings is 2. The summed E-state index contributed by atoms with van der Waals surface area (Å²) in [4.78, 5) is 29.9. The summed E-state index contributed by atoms with van der Waals surface area (Å²) < 4.78 is 5.27. The zero-order valence-electron chi connectivity index (χ0n) is 14.4. The van der Waals surface area contributed by atoms with E-state index in [2.05, 4.69) is 4.99 Å². The van der Waals surface area contributed by atoms with E-state index < -0.39 is 5.97 Å². The van der Waals surface area contributed by atoms with Gasteiger partial charge in [-0.3, -0.25) is 4.79 Å². The lowest BCUT2D eigenvalue weighted by Crippen LogP contribution is -2.23. The molecule has 0 unspecified atom stereocenters. The lowest BCUT2D eigenvalue weighted by atomic mass is 10.1. The molecule has 0 spiro atoms. The van der Waals surface area contributed by atoms with Gasteiger partial charge in [-0.25, -0.2) is 9.79 Å². The van der Waals surface area contributed by atoms with E-state index in [0.717, 1.165) is 24.2 Å². The molecule has 6 heteroatoms. The lowest BCUT2D eigenvalue weighted by molar-refractivity contribution is -0.130. The second-order valence-electron chi connectivity index (χ2n) is 6.27. The number of nitriles is 1. The van der Waals surface area contributed by atoms with Crippen molar-refractivity contribution in [1.29, 1.82) is 5.26 Å². The van der Waals surface area contributed by atoms with Gasteiger partial charge in [-0.2, -0.15) is 5.26 Å². The highest BCUT2D eigenvalue weighted by Crippen LogP contribution is 2.24. The van der Waals surface area contributed by atoms with E-state index in [1.54, 1.807) is 47.4 Å². The predicted octanol–water partition coefficient (Wildman–Crippen LogP) is 3.03. The highest BCUT2D eigenvalue weighted by atomic mass is 16.6. The summed E-state index contributed by atoms with van der Waals surface area (Å²) in [5, 5.41) is 8.84. The van der Waals surface area contributed by atoms with Crippen LogP contribution in [0.2, 0.25) is 0 Å². The van der Waals surface area contributed by atoms with Crippen LogP contribution in [-0.4, -0.2) is 24.3 Å². The molecule has 6 nitrogen and oxygen atoms in total. The first-order valence-electron chi connectivity index (χ1n) is 8.57. The van der Waals surface area contributed by atoms with E-state index in [0.29, 0.717) is 17.5 Å². The van der Waals surface area contributed by atoms with Crippen LogP contribution in [0.4, 0.5) is 5.69 Å². The zero-order chi connectivity index (χ0) is 18.8. The van der Waals surface area contributed by atoms with Crippen molar-refractivity contribution < 1.29 is 14.3 Å². The number of amides is 1. The molecule has 132 valence electrons. The van der Waals surface area contributed by atoms with Crippen molar-refractivity contribution in [3.8, 4) is 6.07 Å². The van der Waals surface area contributed by atoms with Crippen molar-refractivity contribution in [2.75, 3.05) is 11.4 Å². The van der Waals surface area contributed by atoms with Gasteiger partial charge in [-0.1, -0.05) is 12.1 Å². The second-order valence-corrected chi connectivity index (χ2v) is 6.27. The molecule has 0 saturated carbocycles. The average molecular weight is 357 g/mol. The minimum Gasteiger partial charge on any atom is -0.402 e. The Hall–Kier alpha value is -3.72. The molecular formula is C21H15N3O3. The molecule has 2 aromatic carbocycles. The molecule has 2 aromatic rings. The molecule has 27 heavy (non-hydrogen) atoms. The lowest BCUT2D eigenvalue weighted by Gasteiger charge is -2.15. The number of hydrogen-bond donors (Lipinski definition) is 0.